The predicted molar refractivity (Wildman–Crippen MR) is 71.1 cm³/mol. The highest BCUT2D eigenvalue weighted by atomic mass is 35.5. The quantitative estimate of drug-likeness (QED) is 0.581. The summed E-state index contributed by atoms with van der Waals surface area (Å²) in [4.78, 5) is 12.2. The van der Waals surface area contributed by atoms with Crippen molar-refractivity contribution in [2.24, 2.45) is 0 Å². The number of hydrogen-bond donors (Lipinski definition) is 0. The molecule has 0 N–H and O–H groups in total. The fourth-order valence-electron chi connectivity index (χ4n) is 2.26. The van der Waals surface area contributed by atoms with E-state index in [9.17, 15) is 10.0 Å². The van der Waals surface area contributed by atoms with Gasteiger partial charge in [0.25, 0.3) is 0 Å². The molecule has 18 heavy (non-hydrogen) atoms. The lowest BCUT2D eigenvalue weighted by atomic mass is 10.1. The zero-order valence-electron chi connectivity index (χ0n) is 9.47. The minimum atomic E-state index is -0.962. The molecule has 0 radical (unpaired) electrons. The monoisotopic (exact) mass is 259 g/mol. The number of amides is 1. The van der Waals surface area contributed by atoms with Gasteiger partial charge in [-0.1, -0.05) is 29.8 Å². The number of quaternary nitrogens is 1. The molecule has 1 amide bonds. The first kappa shape index (κ1) is 11.4. The molecule has 0 aliphatic carbocycles. The molecular formula is C14H10ClNO2. The molecule has 2 aromatic carbocycles. The van der Waals surface area contributed by atoms with Crippen molar-refractivity contribution in [3.63, 3.8) is 0 Å². The van der Waals surface area contributed by atoms with Crippen LogP contribution in [0.3, 0.4) is 0 Å². The molecule has 2 aromatic rings. The largest absolute Gasteiger partial charge is 0.619 e. The third-order valence-electron chi connectivity index (χ3n) is 3.21. The molecule has 0 fully saturated rings. The summed E-state index contributed by atoms with van der Waals surface area (Å²) < 4.78 is -0.962. The number of fused-ring (bicyclic) bond motifs is 1. The van der Waals surface area contributed by atoms with Gasteiger partial charge in [-0.15, -0.1) is 0 Å². The fourth-order valence-corrected chi connectivity index (χ4v) is 2.39. The van der Waals surface area contributed by atoms with Crippen LogP contribution in [0.4, 0.5) is 5.69 Å². The summed E-state index contributed by atoms with van der Waals surface area (Å²) in [5.41, 5.74) is 1.73. The SMILES string of the molecule is O=C1c2ccccc2C[N@@+]1([O-])c1ccc(Cl)cc1. The van der Waals surface area contributed by atoms with Crippen LogP contribution in [0, 0.1) is 5.21 Å². The molecule has 1 aliphatic rings. The lowest BCUT2D eigenvalue weighted by Gasteiger charge is -2.34. The lowest BCUT2D eigenvalue weighted by Crippen LogP contribution is -2.43. The summed E-state index contributed by atoms with van der Waals surface area (Å²) >= 11 is 5.80. The van der Waals surface area contributed by atoms with Gasteiger partial charge < -0.3 is 5.21 Å². The van der Waals surface area contributed by atoms with Crippen LogP contribution >= 0.6 is 11.6 Å². The molecule has 1 aliphatic heterocycles. The summed E-state index contributed by atoms with van der Waals surface area (Å²) in [7, 11) is 0. The maximum atomic E-state index is 12.7. The number of benzene rings is 2. The molecule has 0 spiro atoms. The minimum absolute atomic E-state index is 0.149. The molecule has 0 bridgehead atoms. The summed E-state index contributed by atoms with van der Waals surface area (Å²) in [6.45, 7) is 0.149. The third kappa shape index (κ3) is 1.56. The van der Waals surface area contributed by atoms with E-state index in [1.165, 1.54) is 0 Å². The molecule has 4 heteroatoms. The second kappa shape index (κ2) is 3.92. The van der Waals surface area contributed by atoms with Gasteiger partial charge in [0.2, 0.25) is 0 Å². The second-order valence-corrected chi connectivity index (χ2v) is 4.77. The van der Waals surface area contributed by atoms with Crippen molar-refractivity contribution in [2.45, 2.75) is 6.54 Å². The number of carbonyl (C=O) groups is 1. The van der Waals surface area contributed by atoms with Crippen LogP contribution in [0.5, 0.6) is 0 Å². The van der Waals surface area contributed by atoms with Gasteiger partial charge in [0.1, 0.15) is 12.2 Å². The van der Waals surface area contributed by atoms with E-state index in [4.69, 9.17) is 11.6 Å². The van der Waals surface area contributed by atoms with E-state index in [1.54, 1.807) is 36.4 Å². The van der Waals surface area contributed by atoms with Crippen LogP contribution < -0.4 is 4.65 Å². The van der Waals surface area contributed by atoms with E-state index in [0.29, 0.717) is 16.3 Å². The van der Waals surface area contributed by atoms with Gasteiger partial charge in [0.05, 0.1) is 5.56 Å². The molecule has 0 saturated heterocycles. The Morgan fingerprint density at radius 1 is 1.06 bits per heavy atom. The van der Waals surface area contributed by atoms with Crippen LogP contribution in [-0.4, -0.2) is 5.91 Å². The van der Waals surface area contributed by atoms with Crippen LogP contribution in [0.1, 0.15) is 15.9 Å². The van der Waals surface area contributed by atoms with E-state index < -0.39 is 10.6 Å². The van der Waals surface area contributed by atoms with E-state index in [0.717, 1.165) is 5.56 Å². The molecule has 1 atom stereocenters. The van der Waals surface area contributed by atoms with Crippen molar-refractivity contribution in [3.05, 3.63) is 69.9 Å². The smallest absolute Gasteiger partial charge is 0.351 e. The molecule has 1 heterocycles. The van der Waals surface area contributed by atoms with Gasteiger partial charge in [-0.25, -0.2) is 4.79 Å². The Morgan fingerprint density at radius 3 is 2.39 bits per heavy atom. The average molecular weight is 260 g/mol. The summed E-state index contributed by atoms with van der Waals surface area (Å²) in [6, 6.07) is 13.6. The Hall–Kier alpha value is -1.68. The Balaban J connectivity index is 2.09. The third-order valence-corrected chi connectivity index (χ3v) is 3.46. The maximum Gasteiger partial charge on any atom is 0.351 e. The minimum Gasteiger partial charge on any atom is -0.619 e. The number of hydrogen-bond acceptors (Lipinski definition) is 2. The van der Waals surface area contributed by atoms with E-state index in [1.807, 2.05) is 12.1 Å². The fraction of sp³-hybridized carbons (Fsp3) is 0.0714. The van der Waals surface area contributed by atoms with Gasteiger partial charge in [0, 0.05) is 22.7 Å². The van der Waals surface area contributed by atoms with Crippen LogP contribution in [-0.2, 0) is 6.54 Å². The Labute approximate surface area is 109 Å². The summed E-state index contributed by atoms with van der Waals surface area (Å²) in [5.74, 6) is -0.409. The number of nitrogens with zero attached hydrogens (tertiary/aromatic N) is 1. The van der Waals surface area contributed by atoms with Crippen molar-refractivity contribution < 1.29 is 4.79 Å². The zero-order chi connectivity index (χ0) is 12.8. The molecule has 90 valence electrons. The van der Waals surface area contributed by atoms with Crippen molar-refractivity contribution in [2.75, 3.05) is 0 Å². The Bertz CT molecular complexity index is 624. The zero-order valence-corrected chi connectivity index (χ0v) is 10.2. The summed E-state index contributed by atoms with van der Waals surface area (Å²) in [6.07, 6.45) is 0. The highest BCUT2D eigenvalue weighted by Crippen LogP contribution is 2.35. The molecule has 0 unspecified atom stereocenters. The number of rotatable bonds is 1. The van der Waals surface area contributed by atoms with Crippen LogP contribution in [0.15, 0.2) is 48.5 Å². The standard InChI is InChI=1S/C14H10ClNO2/c15-11-5-7-12(8-6-11)16(18)9-10-3-1-2-4-13(10)14(16)17/h1-8H,9H2/t16-/m1/s1. The lowest BCUT2D eigenvalue weighted by molar-refractivity contribution is 0.0846. The molecule has 3 nitrogen and oxygen atoms in total. The number of halogens is 1. The van der Waals surface area contributed by atoms with Crippen molar-refractivity contribution in [1.82, 2.24) is 4.65 Å². The normalized spacial score (nSPS) is 22.0. The predicted octanol–water partition coefficient (Wildman–Crippen LogP) is 3.50. The van der Waals surface area contributed by atoms with Gasteiger partial charge in [-0.3, -0.25) is 4.65 Å². The van der Waals surface area contributed by atoms with Crippen molar-refractivity contribution >= 4 is 23.2 Å². The van der Waals surface area contributed by atoms with Crippen LogP contribution in [0.25, 0.3) is 0 Å². The number of carbonyl (C=O) groups excluding carboxylic acids is 1. The topological polar surface area (TPSA) is 40.1 Å². The molecular weight excluding hydrogens is 250 g/mol. The van der Waals surface area contributed by atoms with Gasteiger partial charge >= 0.3 is 5.91 Å². The first-order valence-corrected chi connectivity index (χ1v) is 5.97. The highest BCUT2D eigenvalue weighted by molar-refractivity contribution is 6.30. The van der Waals surface area contributed by atoms with E-state index in [-0.39, 0.29) is 6.54 Å². The first-order chi connectivity index (χ1) is 8.61. The molecule has 3 rings (SSSR count). The summed E-state index contributed by atoms with van der Waals surface area (Å²) in [5, 5.41) is 13.3. The molecule has 0 saturated carbocycles. The molecule has 0 aromatic heterocycles. The van der Waals surface area contributed by atoms with Gasteiger partial charge in [-0.2, -0.15) is 0 Å². The van der Waals surface area contributed by atoms with Crippen molar-refractivity contribution in [3.8, 4) is 0 Å². The van der Waals surface area contributed by atoms with Crippen LogP contribution in [0.2, 0.25) is 5.02 Å². The van der Waals surface area contributed by atoms with E-state index in [2.05, 4.69) is 0 Å². The van der Waals surface area contributed by atoms with E-state index >= 15 is 0 Å². The average Bonchev–Trinajstić information content (AvgIpc) is 2.64. The first-order valence-electron chi connectivity index (χ1n) is 5.59. The van der Waals surface area contributed by atoms with Crippen molar-refractivity contribution in [1.29, 1.82) is 0 Å². The number of hydroxylamine groups is 2. The maximum absolute atomic E-state index is 12.7. The van der Waals surface area contributed by atoms with Gasteiger partial charge in [0.15, 0.2) is 0 Å². The Kier molecular flexibility index (Phi) is 2.48. The Morgan fingerprint density at radius 2 is 1.72 bits per heavy atom. The second-order valence-electron chi connectivity index (χ2n) is 4.34. The van der Waals surface area contributed by atoms with Gasteiger partial charge in [-0.05, 0) is 18.2 Å². The highest BCUT2D eigenvalue weighted by Gasteiger charge is 2.40.